The highest BCUT2D eigenvalue weighted by atomic mass is 15.2. The number of nitrogens with zero attached hydrogens (tertiary/aromatic N) is 2. The van der Waals surface area contributed by atoms with Gasteiger partial charge in [-0.2, -0.15) is 0 Å². The van der Waals surface area contributed by atoms with Crippen LogP contribution >= 0.6 is 0 Å². The smallest absolute Gasteiger partial charge is 0.191 e. The van der Waals surface area contributed by atoms with Gasteiger partial charge in [-0.1, -0.05) is 25.1 Å². The van der Waals surface area contributed by atoms with Crippen LogP contribution in [0.5, 0.6) is 0 Å². The lowest BCUT2D eigenvalue weighted by molar-refractivity contribution is 0.188. The molecular weight excluding hydrogens is 334 g/mol. The molecule has 5 nitrogen and oxygen atoms in total. The number of aromatic amines is 1. The van der Waals surface area contributed by atoms with Crippen LogP contribution in [0.1, 0.15) is 38.7 Å². The van der Waals surface area contributed by atoms with Crippen molar-refractivity contribution in [3.8, 4) is 0 Å². The molecule has 2 aromatic rings. The first-order chi connectivity index (χ1) is 13.3. The fraction of sp³-hybridized carbons (Fsp3) is 0.591. The Hall–Kier alpha value is -2.01. The van der Waals surface area contributed by atoms with Crippen molar-refractivity contribution in [3.63, 3.8) is 0 Å². The van der Waals surface area contributed by atoms with E-state index in [4.69, 9.17) is 4.99 Å². The summed E-state index contributed by atoms with van der Waals surface area (Å²) in [7, 11) is 0. The van der Waals surface area contributed by atoms with Crippen molar-refractivity contribution in [2.45, 2.75) is 39.5 Å². The zero-order valence-electron chi connectivity index (χ0n) is 16.9. The Morgan fingerprint density at radius 1 is 1.19 bits per heavy atom. The number of hydrogen-bond donors (Lipinski definition) is 3. The van der Waals surface area contributed by atoms with E-state index in [1.54, 1.807) is 0 Å². The molecule has 0 saturated carbocycles. The van der Waals surface area contributed by atoms with Crippen LogP contribution in [0.3, 0.4) is 0 Å². The number of aliphatic imine (C=N–C) groups is 1. The summed E-state index contributed by atoms with van der Waals surface area (Å²) in [4.78, 5) is 10.8. The van der Waals surface area contributed by atoms with Crippen molar-refractivity contribution in [1.82, 2.24) is 20.5 Å². The molecule has 0 aliphatic carbocycles. The predicted molar refractivity (Wildman–Crippen MR) is 115 cm³/mol. The van der Waals surface area contributed by atoms with Crippen molar-refractivity contribution in [1.29, 1.82) is 0 Å². The van der Waals surface area contributed by atoms with Crippen LogP contribution in [0, 0.1) is 5.92 Å². The molecule has 1 aromatic carbocycles. The van der Waals surface area contributed by atoms with Gasteiger partial charge in [-0.15, -0.1) is 0 Å². The Morgan fingerprint density at radius 2 is 2.00 bits per heavy atom. The lowest BCUT2D eigenvalue weighted by atomic mass is 9.97. The van der Waals surface area contributed by atoms with Crippen LogP contribution in [-0.4, -0.2) is 55.1 Å². The summed E-state index contributed by atoms with van der Waals surface area (Å²) in [5.41, 5.74) is 2.57. The average Bonchev–Trinajstić information content (AvgIpc) is 3.11. The monoisotopic (exact) mass is 369 g/mol. The SMILES string of the molecule is CCCN1CCC(CN=C(NCC)NCCc2c[nH]c3ccccc23)CC1. The zero-order valence-corrected chi connectivity index (χ0v) is 16.9. The highest BCUT2D eigenvalue weighted by molar-refractivity contribution is 5.83. The number of para-hydroxylation sites is 1. The largest absolute Gasteiger partial charge is 0.361 e. The first-order valence-electron chi connectivity index (χ1n) is 10.6. The lowest BCUT2D eigenvalue weighted by Crippen LogP contribution is -2.39. The molecule has 1 aliphatic rings. The summed E-state index contributed by atoms with van der Waals surface area (Å²) >= 11 is 0. The predicted octanol–water partition coefficient (Wildman–Crippen LogP) is 3.39. The van der Waals surface area contributed by atoms with E-state index in [9.17, 15) is 0 Å². The van der Waals surface area contributed by atoms with E-state index in [0.29, 0.717) is 0 Å². The van der Waals surface area contributed by atoms with Gasteiger partial charge in [0.1, 0.15) is 0 Å². The fourth-order valence-corrected chi connectivity index (χ4v) is 3.93. The second kappa shape index (κ2) is 10.4. The van der Waals surface area contributed by atoms with Gasteiger partial charge in [0, 0.05) is 36.7 Å². The molecule has 3 N–H and O–H groups in total. The number of rotatable bonds is 8. The molecule has 3 rings (SSSR count). The van der Waals surface area contributed by atoms with Crippen LogP contribution in [0.2, 0.25) is 0 Å². The quantitative estimate of drug-likeness (QED) is 0.494. The molecule has 0 unspecified atom stereocenters. The van der Waals surface area contributed by atoms with Gasteiger partial charge in [0.25, 0.3) is 0 Å². The van der Waals surface area contributed by atoms with Gasteiger partial charge < -0.3 is 20.5 Å². The third-order valence-corrected chi connectivity index (χ3v) is 5.46. The number of piperidine rings is 1. The molecule has 0 atom stereocenters. The number of hydrogen-bond acceptors (Lipinski definition) is 2. The third-order valence-electron chi connectivity index (χ3n) is 5.46. The normalized spacial score (nSPS) is 16.7. The number of fused-ring (bicyclic) bond motifs is 1. The highest BCUT2D eigenvalue weighted by Crippen LogP contribution is 2.18. The molecule has 2 heterocycles. The minimum absolute atomic E-state index is 0.724. The summed E-state index contributed by atoms with van der Waals surface area (Å²) in [6.45, 7) is 10.8. The van der Waals surface area contributed by atoms with E-state index in [-0.39, 0.29) is 0 Å². The number of aromatic nitrogens is 1. The second-order valence-electron chi connectivity index (χ2n) is 7.54. The van der Waals surface area contributed by atoms with Crippen molar-refractivity contribution < 1.29 is 0 Å². The van der Waals surface area contributed by atoms with Crippen LogP contribution in [0.25, 0.3) is 10.9 Å². The maximum Gasteiger partial charge on any atom is 0.191 e. The lowest BCUT2D eigenvalue weighted by Gasteiger charge is -2.31. The number of benzene rings is 1. The third kappa shape index (κ3) is 5.73. The molecular formula is C22H35N5. The standard InChI is InChI=1S/C22H35N5/c1-3-13-27-14-10-18(11-15-27)16-26-22(23-4-2)24-12-9-19-17-25-21-8-6-5-7-20(19)21/h5-8,17-18,25H,3-4,9-16H2,1-2H3,(H2,23,24,26). The van der Waals surface area contributed by atoms with Gasteiger partial charge >= 0.3 is 0 Å². The molecule has 0 amide bonds. The zero-order chi connectivity index (χ0) is 18.9. The number of likely N-dealkylation sites (tertiary alicyclic amines) is 1. The van der Waals surface area contributed by atoms with Crippen LogP contribution in [-0.2, 0) is 6.42 Å². The van der Waals surface area contributed by atoms with Crippen LogP contribution in [0.4, 0.5) is 0 Å². The van der Waals surface area contributed by atoms with Crippen LogP contribution < -0.4 is 10.6 Å². The molecule has 1 saturated heterocycles. The molecule has 1 fully saturated rings. The molecule has 0 radical (unpaired) electrons. The van der Waals surface area contributed by atoms with Crippen molar-refractivity contribution in [2.75, 3.05) is 39.3 Å². The molecule has 0 bridgehead atoms. The summed E-state index contributed by atoms with van der Waals surface area (Å²) in [5, 5.41) is 8.22. The Bertz CT molecular complexity index is 712. The van der Waals surface area contributed by atoms with E-state index in [1.807, 2.05) is 0 Å². The second-order valence-corrected chi connectivity index (χ2v) is 7.54. The van der Waals surface area contributed by atoms with E-state index < -0.39 is 0 Å². The minimum Gasteiger partial charge on any atom is -0.361 e. The highest BCUT2D eigenvalue weighted by Gasteiger charge is 2.18. The number of nitrogens with one attached hydrogen (secondary N) is 3. The molecule has 1 aromatic heterocycles. The van der Waals surface area contributed by atoms with Crippen molar-refractivity contribution in [3.05, 3.63) is 36.0 Å². The Labute approximate surface area is 163 Å². The first kappa shape index (κ1) is 19.7. The van der Waals surface area contributed by atoms with Gasteiger partial charge in [-0.25, -0.2) is 0 Å². The van der Waals surface area contributed by atoms with E-state index in [0.717, 1.165) is 37.9 Å². The Balaban J connectivity index is 1.46. The van der Waals surface area contributed by atoms with E-state index in [1.165, 1.54) is 55.4 Å². The maximum atomic E-state index is 4.86. The number of guanidine groups is 1. The summed E-state index contributed by atoms with van der Waals surface area (Å²) in [6, 6.07) is 8.49. The molecule has 148 valence electrons. The number of H-pyrrole nitrogens is 1. The average molecular weight is 370 g/mol. The van der Waals surface area contributed by atoms with Crippen molar-refractivity contribution >= 4 is 16.9 Å². The topological polar surface area (TPSA) is 55.4 Å². The Kier molecular flexibility index (Phi) is 7.57. The maximum absolute atomic E-state index is 4.86. The van der Waals surface area contributed by atoms with Crippen LogP contribution in [0.15, 0.2) is 35.5 Å². The van der Waals surface area contributed by atoms with Gasteiger partial charge in [0.2, 0.25) is 0 Å². The van der Waals surface area contributed by atoms with E-state index in [2.05, 4.69) is 64.8 Å². The summed E-state index contributed by atoms with van der Waals surface area (Å²) in [5.74, 6) is 1.68. The molecule has 0 spiro atoms. The van der Waals surface area contributed by atoms with Gasteiger partial charge in [0.15, 0.2) is 5.96 Å². The van der Waals surface area contributed by atoms with Gasteiger partial charge in [-0.05, 0) is 69.8 Å². The molecule has 27 heavy (non-hydrogen) atoms. The van der Waals surface area contributed by atoms with Gasteiger partial charge in [-0.3, -0.25) is 4.99 Å². The minimum atomic E-state index is 0.724. The van der Waals surface area contributed by atoms with Gasteiger partial charge in [0.05, 0.1) is 0 Å². The Morgan fingerprint density at radius 3 is 2.78 bits per heavy atom. The fourth-order valence-electron chi connectivity index (χ4n) is 3.93. The first-order valence-corrected chi connectivity index (χ1v) is 10.6. The molecule has 5 heteroatoms. The summed E-state index contributed by atoms with van der Waals surface area (Å²) < 4.78 is 0. The molecule has 1 aliphatic heterocycles. The summed E-state index contributed by atoms with van der Waals surface area (Å²) in [6.07, 6.45) is 6.93. The van der Waals surface area contributed by atoms with E-state index >= 15 is 0 Å². The van der Waals surface area contributed by atoms with Crippen molar-refractivity contribution in [2.24, 2.45) is 10.9 Å².